The van der Waals surface area contributed by atoms with E-state index in [0.29, 0.717) is 37.6 Å². The van der Waals surface area contributed by atoms with Gasteiger partial charge in [-0.2, -0.15) is 0 Å². The molecule has 1 aliphatic carbocycles. The Hall–Kier alpha value is -2.97. The Morgan fingerprint density at radius 1 is 0.581 bits per heavy atom. The summed E-state index contributed by atoms with van der Waals surface area (Å²) >= 11 is 0. The summed E-state index contributed by atoms with van der Waals surface area (Å²) in [6.07, 6.45) is 0. The van der Waals surface area contributed by atoms with Crippen LogP contribution in [0.4, 0.5) is 11.4 Å². The van der Waals surface area contributed by atoms with Gasteiger partial charge in [-0.15, -0.1) is 12.4 Å². The highest BCUT2D eigenvalue weighted by molar-refractivity contribution is 6.33. The van der Waals surface area contributed by atoms with Crippen LogP contribution in [0.1, 0.15) is 31.8 Å². The Labute approximate surface area is 258 Å². The van der Waals surface area contributed by atoms with Crippen LogP contribution in [0.2, 0.25) is 0 Å². The molecule has 43 heavy (non-hydrogen) atoms. The molecular weight excluding hydrogens is 576 g/mol. The van der Waals surface area contributed by atoms with E-state index in [1.165, 1.54) is 12.1 Å². The molecule has 2 aliphatic heterocycles. The molecule has 12 nitrogen and oxygen atoms in total. The highest BCUT2D eigenvalue weighted by Crippen LogP contribution is 2.42. The number of benzene rings is 2. The summed E-state index contributed by atoms with van der Waals surface area (Å²) in [7, 11) is 0. The second-order valence-electron chi connectivity index (χ2n) is 10.7. The SMILES string of the molecule is Cl.O=C1c2c(O)ccc(O)c2C(=O)c2c(NCCNCCN3CCOCC3)ccc(NCCNCCN3CCOCC3)c21. The van der Waals surface area contributed by atoms with Crippen LogP contribution in [-0.2, 0) is 9.47 Å². The lowest BCUT2D eigenvalue weighted by molar-refractivity contribution is 0.0384. The third-order valence-electron chi connectivity index (χ3n) is 7.93. The number of rotatable bonds is 14. The molecule has 0 saturated carbocycles. The van der Waals surface area contributed by atoms with Gasteiger partial charge in [0.1, 0.15) is 11.5 Å². The van der Waals surface area contributed by atoms with E-state index in [0.717, 1.165) is 78.8 Å². The number of anilines is 2. The van der Waals surface area contributed by atoms with Crippen LogP contribution in [0.3, 0.4) is 0 Å². The van der Waals surface area contributed by atoms with Crippen molar-refractivity contribution in [1.82, 2.24) is 20.4 Å². The number of hydrogen-bond acceptors (Lipinski definition) is 12. The smallest absolute Gasteiger partial charge is 0.200 e. The van der Waals surface area contributed by atoms with Crippen LogP contribution < -0.4 is 21.3 Å². The molecule has 0 atom stereocenters. The van der Waals surface area contributed by atoms with Gasteiger partial charge in [-0.05, 0) is 24.3 Å². The van der Waals surface area contributed by atoms with Gasteiger partial charge >= 0.3 is 0 Å². The fourth-order valence-electron chi connectivity index (χ4n) is 5.60. The average Bonchev–Trinajstić information content (AvgIpc) is 3.01. The molecule has 0 bridgehead atoms. The number of halogens is 1. The number of nitrogens with zero attached hydrogens (tertiary/aromatic N) is 2. The van der Waals surface area contributed by atoms with Crippen LogP contribution >= 0.6 is 12.4 Å². The second-order valence-corrected chi connectivity index (χ2v) is 10.7. The molecule has 0 radical (unpaired) electrons. The van der Waals surface area contributed by atoms with Gasteiger partial charge in [-0.25, -0.2) is 0 Å². The van der Waals surface area contributed by atoms with Crippen molar-refractivity contribution in [1.29, 1.82) is 0 Å². The van der Waals surface area contributed by atoms with Gasteiger partial charge in [-0.3, -0.25) is 19.4 Å². The standard InChI is InChI=1S/C30H42N6O6.ClH/c37-23-3-4-24(38)28-27(23)29(39)25-21(33-7-5-31-9-11-35-13-17-41-18-14-35)1-2-22(26(25)30(28)40)34-8-6-32-10-12-36-15-19-42-20-16-36;/h1-4,31-34,37-38H,5-20H2;1H. The third kappa shape index (κ3) is 8.15. The number of nitrogens with one attached hydrogen (secondary N) is 4. The third-order valence-corrected chi connectivity index (χ3v) is 7.93. The minimum atomic E-state index is -0.497. The molecule has 2 aromatic rings. The van der Waals surface area contributed by atoms with Crippen LogP contribution in [-0.4, -0.2) is 137 Å². The average molecular weight is 619 g/mol. The van der Waals surface area contributed by atoms with Crippen LogP contribution in [0.25, 0.3) is 0 Å². The zero-order valence-corrected chi connectivity index (χ0v) is 25.3. The largest absolute Gasteiger partial charge is 0.507 e. The Balaban J connectivity index is 0.00000423. The first-order valence-electron chi connectivity index (χ1n) is 14.9. The molecule has 236 valence electrons. The predicted molar refractivity (Wildman–Crippen MR) is 168 cm³/mol. The summed E-state index contributed by atoms with van der Waals surface area (Å²) in [6.45, 7) is 12.8. The molecule has 3 aliphatic rings. The van der Waals surface area contributed by atoms with Gasteiger partial charge < -0.3 is 41.0 Å². The van der Waals surface area contributed by atoms with Crippen molar-refractivity contribution in [3.63, 3.8) is 0 Å². The Morgan fingerprint density at radius 2 is 0.977 bits per heavy atom. The number of morpholine rings is 2. The molecule has 13 heteroatoms. The zero-order chi connectivity index (χ0) is 29.3. The quantitative estimate of drug-likeness (QED) is 0.113. The molecule has 2 saturated heterocycles. The first-order chi connectivity index (χ1) is 20.5. The zero-order valence-electron chi connectivity index (χ0n) is 24.5. The molecule has 2 aromatic carbocycles. The van der Waals surface area contributed by atoms with Gasteiger partial charge in [0.05, 0.1) is 48.7 Å². The van der Waals surface area contributed by atoms with Crippen LogP contribution in [0, 0.1) is 0 Å². The molecule has 0 aromatic heterocycles. The number of ether oxygens (including phenoxy) is 2. The molecule has 0 unspecified atom stereocenters. The molecule has 0 spiro atoms. The van der Waals surface area contributed by atoms with E-state index in [1.54, 1.807) is 12.1 Å². The van der Waals surface area contributed by atoms with Crippen molar-refractivity contribution in [3.05, 3.63) is 46.5 Å². The molecular formula is C30H43ClN6O6. The molecule has 6 N–H and O–H groups in total. The Morgan fingerprint density at radius 3 is 1.37 bits per heavy atom. The number of hydrogen-bond donors (Lipinski definition) is 6. The summed E-state index contributed by atoms with van der Waals surface area (Å²) in [4.78, 5) is 32.2. The number of fused-ring (bicyclic) bond motifs is 2. The van der Waals surface area contributed by atoms with Crippen molar-refractivity contribution in [2.24, 2.45) is 0 Å². The van der Waals surface area contributed by atoms with Gasteiger partial charge in [0.2, 0.25) is 11.6 Å². The number of ketones is 2. The fourth-order valence-corrected chi connectivity index (χ4v) is 5.60. The number of phenols is 2. The molecule has 2 heterocycles. The topological polar surface area (TPSA) is 148 Å². The van der Waals surface area contributed by atoms with Gasteiger partial charge in [-0.1, -0.05) is 0 Å². The van der Waals surface area contributed by atoms with Crippen LogP contribution in [0.5, 0.6) is 11.5 Å². The minimum absolute atomic E-state index is 0. The number of aromatic hydroxyl groups is 2. The first-order valence-corrected chi connectivity index (χ1v) is 14.9. The summed E-state index contributed by atoms with van der Waals surface area (Å²) in [5.74, 6) is -1.65. The van der Waals surface area contributed by atoms with E-state index in [9.17, 15) is 19.8 Å². The Bertz CT molecular complexity index is 1160. The second kappa shape index (κ2) is 16.2. The first kappa shape index (κ1) is 32.9. The highest BCUT2D eigenvalue weighted by Gasteiger charge is 2.37. The van der Waals surface area contributed by atoms with Gasteiger partial charge in [0, 0.05) is 89.9 Å². The summed E-state index contributed by atoms with van der Waals surface area (Å²) in [5, 5.41) is 34.4. The maximum Gasteiger partial charge on any atom is 0.200 e. The van der Waals surface area contributed by atoms with Crippen molar-refractivity contribution in [2.75, 3.05) is 116 Å². The van der Waals surface area contributed by atoms with Crippen molar-refractivity contribution in [2.45, 2.75) is 0 Å². The summed E-state index contributed by atoms with van der Waals surface area (Å²) in [6, 6.07) is 6.05. The number of phenolic OH excluding ortho intramolecular Hbond substituents is 2. The molecule has 0 amide bonds. The normalized spacial score (nSPS) is 17.2. The van der Waals surface area contributed by atoms with Crippen molar-refractivity contribution in [3.8, 4) is 11.5 Å². The van der Waals surface area contributed by atoms with E-state index in [4.69, 9.17) is 9.47 Å². The number of carbonyl (C=O) groups excluding carboxylic acids is 2. The predicted octanol–water partition coefficient (Wildman–Crippen LogP) is 0.962. The van der Waals surface area contributed by atoms with Gasteiger partial charge in [0.25, 0.3) is 0 Å². The van der Waals surface area contributed by atoms with E-state index in [2.05, 4.69) is 31.1 Å². The van der Waals surface area contributed by atoms with Crippen molar-refractivity contribution >= 4 is 35.3 Å². The van der Waals surface area contributed by atoms with Crippen LogP contribution in [0.15, 0.2) is 24.3 Å². The van der Waals surface area contributed by atoms with Gasteiger partial charge in [0.15, 0.2) is 0 Å². The summed E-state index contributed by atoms with van der Waals surface area (Å²) in [5.41, 5.74) is 1.10. The Kier molecular flexibility index (Phi) is 12.4. The summed E-state index contributed by atoms with van der Waals surface area (Å²) < 4.78 is 10.8. The van der Waals surface area contributed by atoms with E-state index >= 15 is 0 Å². The molecule has 2 fully saturated rings. The highest BCUT2D eigenvalue weighted by atomic mass is 35.5. The number of carbonyl (C=O) groups is 2. The lowest BCUT2D eigenvalue weighted by Gasteiger charge is -2.27. The maximum absolute atomic E-state index is 13.7. The maximum atomic E-state index is 13.7. The monoisotopic (exact) mass is 618 g/mol. The fraction of sp³-hybridized carbons (Fsp3) is 0.533. The van der Waals surface area contributed by atoms with Crippen molar-refractivity contribution < 1.29 is 29.3 Å². The van der Waals surface area contributed by atoms with E-state index in [1.807, 2.05) is 0 Å². The van der Waals surface area contributed by atoms with E-state index in [-0.39, 0.29) is 46.2 Å². The molecule has 5 rings (SSSR count). The lowest BCUT2D eigenvalue weighted by atomic mass is 9.81. The van der Waals surface area contributed by atoms with E-state index < -0.39 is 11.6 Å². The lowest BCUT2D eigenvalue weighted by Crippen LogP contribution is -2.40. The minimum Gasteiger partial charge on any atom is -0.507 e.